The molecule has 0 bridgehead atoms. The summed E-state index contributed by atoms with van der Waals surface area (Å²) in [5.74, 6) is 0. The van der Waals surface area contributed by atoms with Crippen molar-refractivity contribution in [3.63, 3.8) is 0 Å². The number of thiophene rings is 1. The third-order valence-corrected chi connectivity index (χ3v) is 8.31. The zero-order chi connectivity index (χ0) is 23.0. The Labute approximate surface area is 196 Å². The molecule has 1 aromatic heterocycles. The average molecular weight is 483 g/mol. The molecule has 1 aromatic carbocycles. The summed E-state index contributed by atoms with van der Waals surface area (Å²) in [5, 5.41) is 5.98. The molecule has 0 radical (unpaired) electrons. The van der Waals surface area contributed by atoms with Gasteiger partial charge in [0.15, 0.2) is 5.11 Å². The van der Waals surface area contributed by atoms with Gasteiger partial charge in [0, 0.05) is 30.2 Å². The molecule has 9 heteroatoms. The Morgan fingerprint density at radius 1 is 1.13 bits per heavy atom. The second-order valence-electron chi connectivity index (χ2n) is 7.65. The minimum absolute atomic E-state index is 0.282. The van der Waals surface area contributed by atoms with E-state index in [-0.39, 0.29) is 4.90 Å². The van der Waals surface area contributed by atoms with Gasteiger partial charge in [-0.2, -0.15) is 4.31 Å². The van der Waals surface area contributed by atoms with Gasteiger partial charge in [-0.3, -0.25) is 0 Å². The van der Waals surface area contributed by atoms with E-state index in [1.807, 2.05) is 32.9 Å². The van der Waals surface area contributed by atoms with Crippen LogP contribution in [0.2, 0.25) is 0 Å². The van der Waals surface area contributed by atoms with Gasteiger partial charge >= 0.3 is 0 Å². The van der Waals surface area contributed by atoms with Crippen molar-refractivity contribution < 1.29 is 8.42 Å². The third-order valence-electron chi connectivity index (χ3n) is 5.04. The lowest BCUT2D eigenvalue weighted by molar-refractivity contribution is 0.347. The Kier molecular flexibility index (Phi) is 9.90. The van der Waals surface area contributed by atoms with Crippen LogP contribution >= 0.6 is 23.6 Å². The van der Waals surface area contributed by atoms with E-state index < -0.39 is 10.0 Å². The maximum Gasteiger partial charge on any atom is 0.243 e. The molecule has 172 valence electrons. The smallest absolute Gasteiger partial charge is 0.243 e. The van der Waals surface area contributed by atoms with Crippen molar-refractivity contribution in [2.24, 2.45) is 0 Å². The number of sulfonamides is 1. The highest BCUT2D eigenvalue weighted by atomic mass is 32.2. The summed E-state index contributed by atoms with van der Waals surface area (Å²) in [6, 6.07) is 9.34. The normalized spacial score (nSPS) is 11.8. The first-order valence-electron chi connectivity index (χ1n) is 10.5. The maximum absolute atomic E-state index is 12.9. The van der Waals surface area contributed by atoms with Crippen LogP contribution in [0.15, 0.2) is 40.6 Å². The SMILES string of the molecule is CCN(CC)S(=O)(=O)c1ccc(C)c(NC(=S)N(CCCN(C)C)Cc2cccs2)c1. The van der Waals surface area contributed by atoms with Gasteiger partial charge in [0.2, 0.25) is 10.0 Å². The Hall–Kier alpha value is -1.52. The number of rotatable bonds is 11. The number of hydrogen-bond donors (Lipinski definition) is 1. The summed E-state index contributed by atoms with van der Waals surface area (Å²) in [5.41, 5.74) is 1.67. The Bertz CT molecular complexity index is 940. The van der Waals surface area contributed by atoms with Crippen LogP contribution in [-0.2, 0) is 16.6 Å². The zero-order valence-electron chi connectivity index (χ0n) is 19.1. The largest absolute Gasteiger partial charge is 0.344 e. The zero-order valence-corrected chi connectivity index (χ0v) is 21.5. The van der Waals surface area contributed by atoms with Crippen molar-refractivity contribution in [2.45, 2.75) is 38.6 Å². The molecule has 0 aliphatic heterocycles. The fourth-order valence-electron chi connectivity index (χ4n) is 3.22. The second-order valence-corrected chi connectivity index (χ2v) is 11.0. The van der Waals surface area contributed by atoms with Crippen molar-refractivity contribution in [3.8, 4) is 0 Å². The number of nitrogens with zero attached hydrogens (tertiary/aromatic N) is 3. The summed E-state index contributed by atoms with van der Waals surface area (Å²) in [4.78, 5) is 5.83. The fourth-order valence-corrected chi connectivity index (χ4v) is 5.69. The van der Waals surface area contributed by atoms with Crippen molar-refractivity contribution >= 4 is 44.4 Å². The average Bonchev–Trinajstić information content (AvgIpc) is 3.22. The molecule has 0 aliphatic carbocycles. The maximum atomic E-state index is 12.9. The topological polar surface area (TPSA) is 55.9 Å². The second kappa shape index (κ2) is 11.9. The van der Waals surface area contributed by atoms with Crippen LogP contribution in [0.25, 0.3) is 0 Å². The van der Waals surface area contributed by atoms with Crippen LogP contribution in [0.5, 0.6) is 0 Å². The molecule has 0 amide bonds. The summed E-state index contributed by atoms with van der Waals surface area (Å²) in [6.45, 7) is 9.04. The molecule has 6 nitrogen and oxygen atoms in total. The lowest BCUT2D eigenvalue weighted by atomic mass is 10.2. The van der Waals surface area contributed by atoms with Crippen LogP contribution in [0.3, 0.4) is 0 Å². The number of nitrogens with one attached hydrogen (secondary N) is 1. The highest BCUT2D eigenvalue weighted by Gasteiger charge is 2.22. The van der Waals surface area contributed by atoms with Crippen molar-refractivity contribution in [1.29, 1.82) is 0 Å². The molecule has 0 unspecified atom stereocenters. The van der Waals surface area contributed by atoms with Crippen LogP contribution in [0.4, 0.5) is 5.69 Å². The van der Waals surface area contributed by atoms with Gasteiger partial charge in [-0.25, -0.2) is 8.42 Å². The summed E-state index contributed by atoms with van der Waals surface area (Å²) >= 11 is 7.46. The van der Waals surface area contributed by atoms with Gasteiger partial charge in [0.05, 0.1) is 11.4 Å². The monoisotopic (exact) mass is 482 g/mol. The number of hydrogen-bond acceptors (Lipinski definition) is 5. The predicted molar refractivity (Wildman–Crippen MR) is 135 cm³/mol. The summed E-state index contributed by atoms with van der Waals surface area (Å²) in [6.07, 6.45) is 0.982. The third kappa shape index (κ3) is 7.25. The Morgan fingerprint density at radius 3 is 2.42 bits per heavy atom. The highest BCUT2D eigenvalue weighted by Crippen LogP contribution is 2.24. The molecule has 1 N–H and O–H groups in total. The van der Waals surface area contributed by atoms with Gasteiger partial charge < -0.3 is 15.1 Å². The molecule has 0 saturated heterocycles. The van der Waals surface area contributed by atoms with Gasteiger partial charge in [0.1, 0.15) is 0 Å². The van der Waals surface area contributed by atoms with Crippen molar-refractivity contribution in [3.05, 3.63) is 46.2 Å². The Morgan fingerprint density at radius 2 is 1.84 bits per heavy atom. The van der Waals surface area contributed by atoms with E-state index in [2.05, 4.69) is 40.7 Å². The molecule has 0 atom stereocenters. The first kappa shape index (κ1) is 25.7. The standard InChI is InChI=1S/C22H34N4O2S3/c1-6-26(7-2)31(27,28)20-12-11-18(3)21(16-20)23-22(29)25(14-9-13-24(4)5)17-19-10-8-15-30-19/h8,10-12,15-16H,6-7,9,13-14,17H2,1-5H3,(H,23,29). The molecule has 0 saturated carbocycles. The molecule has 31 heavy (non-hydrogen) atoms. The van der Waals surface area contributed by atoms with Gasteiger partial charge in [-0.15, -0.1) is 11.3 Å². The number of benzene rings is 1. The van der Waals surface area contributed by atoms with Crippen LogP contribution < -0.4 is 5.32 Å². The Balaban J connectivity index is 2.23. The van der Waals surface area contributed by atoms with Crippen LogP contribution in [-0.4, -0.2) is 67.9 Å². The first-order chi connectivity index (χ1) is 14.7. The summed E-state index contributed by atoms with van der Waals surface area (Å²) in [7, 11) is 0.593. The fraction of sp³-hybridized carbons (Fsp3) is 0.500. The molecular weight excluding hydrogens is 448 g/mol. The highest BCUT2D eigenvalue weighted by molar-refractivity contribution is 7.89. The minimum atomic E-state index is -3.53. The molecule has 1 heterocycles. The molecule has 2 aromatic rings. The molecule has 2 rings (SSSR count). The van der Waals surface area contributed by atoms with Gasteiger partial charge in [0.25, 0.3) is 0 Å². The van der Waals surface area contributed by atoms with E-state index in [0.717, 1.165) is 37.3 Å². The lowest BCUT2D eigenvalue weighted by Crippen LogP contribution is -2.36. The van der Waals surface area contributed by atoms with Crippen molar-refractivity contribution in [1.82, 2.24) is 14.1 Å². The minimum Gasteiger partial charge on any atom is -0.344 e. The van der Waals surface area contributed by atoms with Crippen molar-refractivity contribution in [2.75, 3.05) is 45.6 Å². The van der Waals surface area contributed by atoms with Gasteiger partial charge in [-0.05, 0) is 75.3 Å². The van der Waals surface area contributed by atoms with E-state index in [1.54, 1.807) is 23.5 Å². The quantitative estimate of drug-likeness (QED) is 0.484. The van der Waals surface area contributed by atoms with E-state index in [9.17, 15) is 8.42 Å². The summed E-state index contributed by atoms with van der Waals surface area (Å²) < 4.78 is 27.4. The van der Waals surface area contributed by atoms with E-state index in [1.165, 1.54) is 9.18 Å². The molecule has 0 aliphatic rings. The predicted octanol–water partition coefficient (Wildman–Crippen LogP) is 4.24. The van der Waals surface area contributed by atoms with Gasteiger partial charge in [-0.1, -0.05) is 26.0 Å². The lowest BCUT2D eigenvalue weighted by Gasteiger charge is -2.27. The van der Waals surface area contributed by atoms with E-state index >= 15 is 0 Å². The number of thiocarbonyl (C=S) groups is 1. The molecular formula is C22H34N4O2S3. The van der Waals surface area contributed by atoms with Crippen LogP contribution in [0, 0.1) is 6.92 Å². The first-order valence-corrected chi connectivity index (χ1v) is 13.3. The number of anilines is 1. The number of aryl methyl sites for hydroxylation is 1. The molecule has 0 fully saturated rings. The van der Waals surface area contributed by atoms with E-state index in [0.29, 0.717) is 18.2 Å². The van der Waals surface area contributed by atoms with E-state index in [4.69, 9.17) is 12.2 Å². The van der Waals surface area contributed by atoms with Crippen LogP contribution in [0.1, 0.15) is 30.7 Å². The molecule has 0 spiro atoms.